The number of nitriles is 1. The van der Waals surface area contributed by atoms with E-state index in [0.717, 1.165) is 13.2 Å². The monoisotopic (exact) mass is 297 g/mol. The first-order valence-corrected chi connectivity index (χ1v) is 4.83. The SMILES string of the molecule is COC(=O)c1cc(C#N)c(C(F)(F)F)c(C(F)(F)F)c1. The van der Waals surface area contributed by atoms with E-state index in [1.54, 1.807) is 0 Å². The summed E-state index contributed by atoms with van der Waals surface area (Å²) in [6, 6.07) is 1.42. The zero-order valence-corrected chi connectivity index (χ0v) is 9.69. The Hall–Kier alpha value is -2.24. The molecule has 1 aromatic carbocycles. The molecular weight excluding hydrogens is 292 g/mol. The van der Waals surface area contributed by atoms with Gasteiger partial charge >= 0.3 is 18.3 Å². The number of alkyl halides is 6. The molecule has 0 aliphatic carbocycles. The van der Waals surface area contributed by atoms with Gasteiger partial charge in [0.2, 0.25) is 0 Å². The molecule has 0 N–H and O–H groups in total. The van der Waals surface area contributed by atoms with Crippen molar-refractivity contribution in [2.45, 2.75) is 12.4 Å². The summed E-state index contributed by atoms with van der Waals surface area (Å²) >= 11 is 0. The lowest BCUT2D eigenvalue weighted by Crippen LogP contribution is -2.20. The second-order valence-electron chi connectivity index (χ2n) is 3.55. The molecule has 0 atom stereocenters. The number of hydrogen-bond acceptors (Lipinski definition) is 3. The van der Waals surface area contributed by atoms with Gasteiger partial charge in [-0.15, -0.1) is 0 Å². The maximum Gasteiger partial charge on any atom is 0.418 e. The van der Waals surface area contributed by atoms with Gasteiger partial charge in [0.25, 0.3) is 0 Å². The Bertz CT molecular complexity index is 582. The molecular formula is C11H5F6NO2. The second kappa shape index (κ2) is 5.03. The molecule has 0 spiro atoms. The van der Waals surface area contributed by atoms with Gasteiger partial charge in [-0.2, -0.15) is 31.6 Å². The zero-order valence-electron chi connectivity index (χ0n) is 9.69. The molecule has 0 aliphatic rings. The van der Waals surface area contributed by atoms with E-state index < -0.39 is 40.6 Å². The van der Waals surface area contributed by atoms with E-state index in [-0.39, 0.29) is 6.07 Å². The highest BCUT2D eigenvalue weighted by molar-refractivity contribution is 5.90. The normalized spacial score (nSPS) is 11.9. The molecule has 0 aromatic heterocycles. The molecule has 0 fully saturated rings. The summed E-state index contributed by atoms with van der Waals surface area (Å²) in [4.78, 5) is 11.1. The fourth-order valence-electron chi connectivity index (χ4n) is 1.49. The van der Waals surface area contributed by atoms with Crippen LogP contribution in [0.15, 0.2) is 12.1 Å². The van der Waals surface area contributed by atoms with Crippen molar-refractivity contribution in [1.29, 1.82) is 5.26 Å². The minimum atomic E-state index is -5.38. The maximum absolute atomic E-state index is 12.7. The molecule has 0 amide bonds. The Labute approximate surface area is 108 Å². The number of rotatable bonds is 1. The van der Waals surface area contributed by atoms with Crippen LogP contribution >= 0.6 is 0 Å². The number of nitrogens with zero attached hydrogens (tertiary/aromatic N) is 1. The van der Waals surface area contributed by atoms with E-state index in [9.17, 15) is 31.1 Å². The number of halogens is 6. The van der Waals surface area contributed by atoms with Crippen LogP contribution in [0.5, 0.6) is 0 Å². The van der Waals surface area contributed by atoms with Crippen LogP contribution in [0.2, 0.25) is 0 Å². The summed E-state index contributed by atoms with van der Waals surface area (Å²) in [5, 5.41) is 8.58. The minimum Gasteiger partial charge on any atom is -0.465 e. The van der Waals surface area contributed by atoms with Crippen molar-refractivity contribution < 1.29 is 35.9 Å². The summed E-state index contributed by atoms with van der Waals surface area (Å²) in [6.45, 7) is 0. The molecule has 20 heavy (non-hydrogen) atoms. The fraction of sp³-hybridized carbons (Fsp3) is 0.273. The Balaban J connectivity index is 3.76. The van der Waals surface area contributed by atoms with Gasteiger partial charge in [0.05, 0.1) is 35.4 Å². The lowest BCUT2D eigenvalue weighted by atomic mass is 9.97. The number of esters is 1. The van der Waals surface area contributed by atoms with Crippen LogP contribution < -0.4 is 0 Å². The standard InChI is InChI=1S/C11H5F6NO2/c1-20-9(19)5-2-6(4-18)8(11(15,16)17)7(3-5)10(12,13)14/h2-3H,1H3. The van der Waals surface area contributed by atoms with Crippen molar-refractivity contribution in [3.63, 3.8) is 0 Å². The molecule has 0 radical (unpaired) electrons. The largest absolute Gasteiger partial charge is 0.465 e. The van der Waals surface area contributed by atoms with Gasteiger partial charge in [-0.1, -0.05) is 0 Å². The summed E-state index contributed by atoms with van der Waals surface area (Å²) < 4.78 is 80.2. The zero-order chi connectivity index (χ0) is 15.7. The third kappa shape index (κ3) is 3.01. The van der Waals surface area contributed by atoms with Crippen LogP contribution in [0.3, 0.4) is 0 Å². The summed E-state index contributed by atoms with van der Waals surface area (Å²) in [5.74, 6) is -1.28. The quantitative estimate of drug-likeness (QED) is 0.590. The first-order chi connectivity index (χ1) is 9.02. The first-order valence-electron chi connectivity index (χ1n) is 4.83. The Kier molecular flexibility index (Phi) is 3.98. The summed E-state index contributed by atoms with van der Waals surface area (Å²) in [5.41, 5.74) is -6.32. The molecule has 0 saturated heterocycles. The van der Waals surface area contributed by atoms with Crippen LogP contribution in [-0.4, -0.2) is 13.1 Å². The average molecular weight is 297 g/mol. The number of carbonyl (C=O) groups is 1. The highest BCUT2D eigenvalue weighted by Crippen LogP contribution is 2.42. The second-order valence-corrected chi connectivity index (χ2v) is 3.55. The third-order valence-corrected chi connectivity index (χ3v) is 2.27. The Morgan fingerprint density at radius 3 is 2.05 bits per heavy atom. The van der Waals surface area contributed by atoms with Crippen molar-refractivity contribution in [2.24, 2.45) is 0 Å². The van der Waals surface area contributed by atoms with Gasteiger partial charge in [0, 0.05) is 0 Å². The van der Waals surface area contributed by atoms with Crippen LogP contribution in [-0.2, 0) is 17.1 Å². The third-order valence-electron chi connectivity index (χ3n) is 2.27. The summed E-state index contributed by atoms with van der Waals surface area (Å²) in [7, 11) is 0.847. The first kappa shape index (κ1) is 15.8. The molecule has 1 rings (SSSR count). The Morgan fingerprint density at radius 2 is 1.70 bits per heavy atom. The van der Waals surface area contributed by atoms with Gasteiger partial charge in [-0.3, -0.25) is 0 Å². The maximum atomic E-state index is 12.7. The smallest absolute Gasteiger partial charge is 0.418 e. The molecule has 9 heteroatoms. The molecule has 0 heterocycles. The molecule has 0 saturated carbocycles. The topological polar surface area (TPSA) is 50.1 Å². The Morgan fingerprint density at radius 1 is 1.15 bits per heavy atom. The van der Waals surface area contributed by atoms with Crippen LogP contribution in [0.25, 0.3) is 0 Å². The highest BCUT2D eigenvalue weighted by atomic mass is 19.4. The van der Waals surface area contributed by atoms with Crippen LogP contribution in [0.1, 0.15) is 27.0 Å². The van der Waals surface area contributed by atoms with E-state index in [2.05, 4.69) is 4.74 Å². The van der Waals surface area contributed by atoms with E-state index in [1.165, 1.54) is 0 Å². The summed E-state index contributed by atoms with van der Waals surface area (Å²) in [6.07, 6.45) is -10.8. The van der Waals surface area contributed by atoms with Gasteiger partial charge < -0.3 is 4.74 Å². The van der Waals surface area contributed by atoms with E-state index >= 15 is 0 Å². The lowest BCUT2D eigenvalue weighted by Gasteiger charge is -2.17. The molecule has 0 aliphatic heterocycles. The van der Waals surface area contributed by atoms with Gasteiger partial charge in [-0.25, -0.2) is 4.79 Å². The van der Waals surface area contributed by atoms with E-state index in [1.807, 2.05) is 0 Å². The van der Waals surface area contributed by atoms with Crippen molar-refractivity contribution >= 4 is 5.97 Å². The predicted octanol–water partition coefficient (Wildman–Crippen LogP) is 3.38. The van der Waals surface area contributed by atoms with Gasteiger partial charge in [0.1, 0.15) is 0 Å². The van der Waals surface area contributed by atoms with Crippen molar-refractivity contribution in [3.05, 3.63) is 34.4 Å². The molecule has 108 valence electrons. The van der Waals surface area contributed by atoms with Gasteiger partial charge in [-0.05, 0) is 12.1 Å². The molecule has 3 nitrogen and oxygen atoms in total. The number of carbonyl (C=O) groups excluding carboxylic acids is 1. The number of ether oxygens (including phenoxy) is 1. The molecule has 0 unspecified atom stereocenters. The van der Waals surface area contributed by atoms with Crippen molar-refractivity contribution in [1.82, 2.24) is 0 Å². The van der Waals surface area contributed by atoms with Crippen molar-refractivity contribution in [3.8, 4) is 6.07 Å². The van der Waals surface area contributed by atoms with Gasteiger partial charge in [0.15, 0.2) is 0 Å². The van der Waals surface area contributed by atoms with E-state index in [4.69, 9.17) is 5.26 Å². The predicted molar refractivity (Wildman–Crippen MR) is 52.5 cm³/mol. The highest BCUT2D eigenvalue weighted by Gasteiger charge is 2.45. The molecule has 1 aromatic rings. The lowest BCUT2D eigenvalue weighted by molar-refractivity contribution is -0.162. The number of hydrogen-bond donors (Lipinski definition) is 0. The van der Waals surface area contributed by atoms with E-state index in [0.29, 0.717) is 6.07 Å². The van der Waals surface area contributed by atoms with Crippen molar-refractivity contribution in [2.75, 3.05) is 7.11 Å². The molecule has 0 bridgehead atoms. The minimum absolute atomic E-state index is 0.00942. The number of methoxy groups -OCH3 is 1. The van der Waals surface area contributed by atoms with Crippen LogP contribution in [0, 0.1) is 11.3 Å². The fourth-order valence-corrected chi connectivity index (χ4v) is 1.49. The average Bonchev–Trinajstić information content (AvgIpc) is 2.33. The van der Waals surface area contributed by atoms with Crippen LogP contribution in [0.4, 0.5) is 26.3 Å². The number of benzene rings is 1.